The third kappa shape index (κ3) is 6.01. The van der Waals surface area contributed by atoms with Gasteiger partial charge in [-0.25, -0.2) is 0 Å². The van der Waals surface area contributed by atoms with Crippen LogP contribution in [0.2, 0.25) is 0 Å². The number of methoxy groups -OCH3 is 1. The van der Waals surface area contributed by atoms with Gasteiger partial charge in [0.25, 0.3) is 5.91 Å². The van der Waals surface area contributed by atoms with Crippen LogP contribution in [0.3, 0.4) is 0 Å². The molecule has 1 fully saturated rings. The summed E-state index contributed by atoms with van der Waals surface area (Å²) in [7, 11) is 1.58. The quantitative estimate of drug-likeness (QED) is 0.655. The summed E-state index contributed by atoms with van der Waals surface area (Å²) in [5.41, 5.74) is -0.0340. The van der Waals surface area contributed by atoms with Gasteiger partial charge < -0.3 is 19.7 Å². The fraction of sp³-hybridized carbons (Fsp3) is 0.650. The van der Waals surface area contributed by atoms with Crippen molar-refractivity contribution in [2.24, 2.45) is 0 Å². The predicted octanol–water partition coefficient (Wildman–Crippen LogP) is 3.70. The minimum absolute atomic E-state index is 0.115. The van der Waals surface area contributed by atoms with Gasteiger partial charge in [0.1, 0.15) is 11.4 Å². The van der Waals surface area contributed by atoms with Gasteiger partial charge in [0.05, 0.1) is 6.61 Å². The third-order valence-corrected chi connectivity index (χ3v) is 4.86. The molecule has 1 amide bonds. The molecule has 1 aliphatic heterocycles. The maximum absolute atomic E-state index is 12.4. The molecule has 0 aromatic heterocycles. The molecule has 0 bridgehead atoms. The molecule has 140 valence electrons. The van der Waals surface area contributed by atoms with Crippen LogP contribution in [0.5, 0.6) is 5.75 Å². The molecule has 0 unspecified atom stereocenters. The number of likely N-dealkylation sites (tertiary alicyclic amines) is 1. The molecule has 5 nitrogen and oxygen atoms in total. The molecule has 1 aromatic carbocycles. The van der Waals surface area contributed by atoms with E-state index in [1.54, 1.807) is 7.11 Å². The van der Waals surface area contributed by atoms with Crippen molar-refractivity contribution in [2.75, 3.05) is 38.7 Å². The molecular weight excluding hydrogens is 316 g/mol. The molecule has 0 saturated carbocycles. The van der Waals surface area contributed by atoms with Crippen molar-refractivity contribution < 1.29 is 14.3 Å². The summed E-state index contributed by atoms with van der Waals surface area (Å²) < 4.78 is 11.2. The SMILES string of the molecule is CCC[C@](C)(OC)C(=O)Nc1ccc(OCCCN2CCCC2)cc1. The van der Waals surface area contributed by atoms with Gasteiger partial charge in [-0.05, 0) is 70.0 Å². The number of rotatable bonds is 10. The summed E-state index contributed by atoms with van der Waals surface area (Å²) in [5, 5.41) is 2.92. The maximum atomic E-state index is 12.4. The highest BCUT2D eigenvalue weighted by molar-refractivity contribution is 5.97. The molecule has 1 heterocycles. The highest BCUT2D eigenvalue weighted by atomic mass is 16.5. The minimum atomic E-state index is -0.792. The van der Waals surface area contributed by atoms with Crippen molar-refractivity contribution in [3.63, 3.8) is 0 Å². The number of carbonyl (C=O) groups is 1. The van der Waals surface area contributed by atoms with Crippen LogP contribution >= 0.6 is 0 Å². The van der Waals surface area contributed by atoms with Crippen LogP contribution in [0.25, 0.3) is 0 Å². The van der Waals surface area contributed by atoms with Crippen LogP contribution in [-0.4, -0.2) is 49.8 Å². The zero-order valence-corrected chi connectivity index (χ0v) is 15.8. The van der Waals surface area contributed by atoms with Crippen molar-refractivity contribution in [2.45, 2.75) is 51.6 Å². The van der Waals surface area contributed by atoms with E-state index in [1.165, 1.54) is 25.9 Å². The first-order valence-electron chi connectivity index (χ1n) is 9.39. The molecule has 1 aliphatic rings. The van der Waals surface area contributed by atoms with Crippen molar-refractivity contribution in [3.8, 4) is 5.75 Å². The zero-order valence-electron chi connectivity index (χ0n) is 15.8. The Bertz CT molecular complexity index is 526. The number of hydrogen-bond donors (Lipinski definition) is 1. The van der Waals surface area contributed by atoms with Crippen LogP contribution in [0, 0.1) is 0 Å². The number of anilines is 1. The van der Waals surface area contributed by atoms with Crippen molar-refractivity contribution >= 4 is 11.6 Å². The summed E-state index contributed by atoms with van der Waals surface area (Å²) in [4.78, 5) is 14.9. The molecule has 5 heteroatoms. The Balaban J connectivity index is 1.75. The first kappa shape index (κ1) is 19.7. The summed E-state index contributed by atoms with van der Waals surface area (Å²) >= 11 is 0. The number of ether oxygens (including phenoxy) is 2. The lowest BCUT2D eigenvalue weighted by atomic mass is 9.99. The third-order valence-electron chi connectivity index (χ3n) is 4.86. The topological polar surface area (TPSA) is 50.8 Å². The lowest BCUT2D eigenvalue weighted by molar-refractivity contribution is -0.136. The van der Waals surface area contributed by atoms with Crippen LogP contribution < -0.4 is 10.1 Å². The molecule has 1 atom stereocenters. The van der Waals surface area contributed by atoms with Crippen LogP contribution in [0.15, 0.2) is 24.3 Å². The van der Waals surface area contributed by atoms with Gasteiger partial charge in [-0.15, -0.1) is 0 Å². The Morgan fingerprint density at radius 1 is 1.24 bits per heavy atom. The van der Waals surface area contributed by atoms with Gasteiger partial charge in [0, 0.05) is 19.3 Å². The van der Waals surface area contributed by atoms with Crippen LogP contribution in [0.4, 0.5) is 5.69 Å². The predicted molar refractivity (Wildman–Crippen MR) is 101 cm³/mol. The maximum Gasteiger partial charge on any atom is 0.256 e. The largest absolute Gasteiger partial charge is 0.494 e. The van der Waals surface area contributed by atoms with E-state index in [-0.39, 0.29) is 5.91 Å². The second kappa shape index (κ2) is 9.78. The standard InChI is InChI=1S/C20H32N2O3/c1-4-12-20(2,24-3)19(23)21-17-8-10-18(11-9-17)25-16-7-15-22-13-5-6-14-22/h8-11H,4-7,12-16H2,1-3H3,(H,21,23)/t20-/m0/s1. The van der Waals surface area contributed by atoms with E-state index >= 15 is 0 Å². The molecule has 25 heavy (non-hydrogen) atoms. The second-order valence-corrected chi connectivity index (χ2v) is 6.91. The van der Waals surface area contributed by atoms with Gasteiger partial charge in [0.15, 0.2) is 0 Å². The minimum Gasteiger partial charge on any atom is -0.494 e. The van der Waals surface area contributed by atoms with E-state index in [0.29, 0.717) is 6.42 Å². The van der Waals surface area contributed by atoms with Crippen molar-refractivity contribution in [1.29, 1.82) is 0 Å². The Kier molecular flexibility index (Phi) is 7.72. The number of amides is 1. The first-order chi connectivity index (χ1) is 12.1. The number of hydrogen-bond acceptors (Lipinski definition) is 4. The number of nitrogens with zero attached hydrogens (tertiary/aromatic N) is 1. The molecule has 0 spiro atoms. The number of nitrogens with one attached hydrogen (secondary N) is 1. The Labute approximate surface area is 151 Å². The van der Waals surface area contributed by atoms with E-state index in [1.807, 2.05) is 38.1 Å². The van der Waals surface area contributed by atoms with E-state index in [9.17, 15) is 4.79 Å². The summed E-state index contributed by atoms with van der Waals surface area (Å²) in [6.07, 6.45) is 5.28. The molecule has 1 N–H and O–H groups in total. The van der Waals surface area contributed by atoms with Gasteiger partial charge in [-0.2, -0.15) is 0 Å². The monoisotopic (exact) mass is 348 g/mol. The zero-order chi connectivity index (χ0) is 18.1. The lowest BCUT2D eigenvalue weighted by Gasteiger charge is -2.26. The molecular formula is C20H32N2O3. The Hall–Kier alpha value is -1.59. The molecule has 0 aliphatic carbocycles. The van der Waals surface area contributed by atoms with Crippen molar-refractivity contribution in [1.82, 2.24) is 4.90 Å². The summed E-state index contributed by atoms with van der Waals surface area (Å²) in [6, 6.07) is 7.54. The normalized spacial score (nSPS) is 17.2. The average Bonchev–Trinajstić information content (AvgIpc) is 3.13. The Morgan fingerprint density at radius 2 is 1.92 bits per heavy atom. The van der Waals surface area contributed by atoms with E-state index < -0.39 is 5.60 Å². The molecule has 2 rings (SSSR count). The van der Waals surface area contributed by atoms with Gasteiger partial charge in [-0.3, -0.25) is 4.79 Å². The number of benzene rings is 1. The summed E-state index contributed by atoms with van der Waals surface area (Å²) in [6.45, 7) is 8.16. The smallest absolute Gasteiger partial charge is 0.256 e. The van der Waals surface area contributed by atoms with Gasteiger partial charge in [0.2, 0.25) is 0 Å². The summed E-state index contributed by atoms with van der Waals surface area (Å²) in [5.74, 6) is 0.721. The van der Waals surface area contributed by atoms with Crippen LogP contribution in [0.1, 0.15) is 46.0 Å². The molecule has 1 aromatic rings. The average molecular weight is 348 g/mol. The lowest BCUT2D eigenvalue weighted by Crippen LogP contribution is -2.41. The van der Waals surface area contributed by atoms with Crippen molar-refractivity contribution in [3.05, 3.63) is 24.3 Å². The molecule has 0 radical (unpaired) electrons. The number of carbonyl (C=O) groups excluding carboxylic acids is 1. The first-order valence-corrected chi connectivity index (χ1v) is 9.39. The Morgan fingerprint density at radius 3 is 2.52 bits per heavy atom. The van der Waals surface area contributed by atoms with E-state index in [4.69, 9.17) is 9.47 Å². The van der Waals surface area contributed by atoms with Gasteiger partial charge in [-0.1, -0.05) is 13.3 Å². The van der Waals surface area contributed by atoms with E-state index in [0.717, 1.165) is 37.4 Å². The fourth-order valence-electron chi connectivity index (χ4n) is 3.17. The van der Waals surface area contributed by atoms with Crippen LogP contribution in [-0.2, 0) is 9.53 Å². The highest BCUT2D eigenvalue weighted by Gasteiger charge is 2.32. The van der Waals surface area contributed by atoms with Gasteiger partial charge >= 0.3 is 0 Å². The second-order valence-electron chi connectivity index (χ2n) is 6.91. The highest BCUT2D eigenvalue weighted by Crippen LogP contribution is 2.21. The van der Waals surface area contributed by atoms with E-state index in [2.05, 4.69) is 10.2 Å². The fourth-order valence-corrected chi connectivity index (χ4v) is 3.17. The molecule has 1 saturated heterocycles.